The SMILES string of the molecule is COC(=O)c1sc(NC(C(=O)OC)C(C)C)nc1Cl. The molecule has 0 amide bonds. The summed E-state index contributed by atoms with van der Waals surface area (Å²) >= 11 is 6.87. The van der Waals surface area contributed by atoms with Crippen molar-refractivity contribution >= 4 is 40.0 Å². The summed E-state index contributed by atoms with van der Waals surface area (Å²) in [7, 11) is 2.57. The molecule has 1 N–H and O–H groups in total. The molecule has 0 saturated heterocycles. The van der Waals surface area contributed by atoms with Crippen molar-refractivity contribution in [2.45, 2.75) is 19.9 Å². The number of anilines is 1. The Morgan fingerprint density at radius 2 is 1.95 bits per heavy atom. The van der Waals surface area contributed by atoms with Crippen LogP contribution in [0.1, 0.15) is 23.5 Å². The number of carbonyl (C=O) groups is 2. The summed E-state index contributed by atoms with van der Waals surface area (Å²) in [6, 6.07) is -0.558. The van der Waals surface area contributed by atoms with Gasteiger partial charge in [-0.2, -0.15) is 0 Å². The number of thiazole rings is 1. The summed E-state index contributed by atoms with van der Waals surface area (Å²) < 4.78 is 9.28. The van der Waals surface area contributed by atoms with Gasteiger partial charge in [-0.1, -0.05) is 36.8 Å². The third-order valence-electron chi connectivity index (χ3n) is 2.36. The Balaban J connectivity index is 2.92. The second-order valence-corrected chi connectivity index (χ2v) is 5.38. The Morgan fingerprint density at radius 1 is 1.32 bits per heavy atom. The summed E-state index contributed by atoms with van der Waals surface area (Å²) in [4.78, 5) is 27.2. The first-order valence-corrected chi connectivity index (χ1v) is 6.69. The van der Waals surface area contributed by atoms with Gasteiger partial charge in [-0.25, -0.2) is 14.6 Å². The van der Waals surface area contributed by atoms with Crippen molar-refractivity contribution in [3.05, 3.63) is 10.0 Å². The van der Waals surface area contributed by atoms with E-state index in [1.165, 1.54) is 14.2 Å². The molecule has 1 aromatic rings. The van der Waals surface area contributed by atoms with Crippen molar-refractivity contribution in [2.24, 2.45) is 5.92 Å². The Bertz CT molecular complexity index is 475. The van der Waals surface area contributed by atoms with Gasteiger partial charge in [0.15, 0.2) is 15.2 Å². The van der Waals surface area contributed by atoms with Crippen LogP contribution in [0.3, 0.4) is 0 Å². The highest BCUT2D eigenvalue weighted by molar-refractivity contribution is 7.18. The molecule has 1 heterocycles. The van der Waals surface area contributed by atoms with Crippen LogP contribution in [0, 0.1) is 5.92 Å². The largest absolute Gasteiger partial charge is 0.467 e. The molecule has 0 aliphatic rings. The van der Waals surface area contributed by atoms with E-state index in [-0.39, 0.29) is 15.9 Å². The number of hydrogen-bond donors (Lipinski definition) is 1. The predicted octanol–water partition coefficient (Wildman–Crippen LogP) is 2.19. The summed E-state index contributed by atoms with van der Waals surface area (Å²) in [5.74, 6) is -0.965. The van der Waals surface area contributed by atoms with Crippen molar-refractivity contribution in [1.82, 2.24) is 4.98 Å². The highest BCUT2D eigenvalue weighted by atomic mass is 35.5. The maximum Gasteiger partial charge on any atom is 0.351 e. The number of rotatable bonds is 5. The molecule has 1 atom stereocenters. The van der Waals surface area contributed by atoms with Crippen molar-refractivity contribution in [3.8, 4) is 0 Å². The molecule has 0 spiro atoms. The summed E-state index contributed by atoms with van der Waals surface area (Å²) in [5.41, 5.74) is 0. The molecule has 0 radical (unpaired) electrons. The standard InChI is InChI=1S/C11H15ClN2O4S/c1-5(2)6(9(15)17-3)13-11-14-8(12)7(19-11)10(16)18-4/h5-6H,1-4H3,(H,13,14). The minimum atomic E-state index is -0.560. The molecule has 1 unspecified atom stereocenters. The van der Waals surface area contributed by atoms with Crippen LogP contribution in [0.15, 0.2) is 0 Å². The van der Waals surface area contributed by atoms with Crippen LogP contribution >= 0.6 is 22.9 Å². The second kappa shape index (κ2) is 6.72. The number of carbonyl (C=O) groups excluding carboxylic acids is 2. The molecule has 1 aromatic heterocycles. The first kappa shape index (κ1) is 15.7. The summed E-state index contributed by atoms with van der Waals surface area (Å²) in [6.07, 6.45) is 0. The maximum absolute atomic E-state index is 11.6. The molecular formula is C11H15ClN2O4S. The number of nitrogens with zero attached hydrogens (tertiary/aromatic N) is 1. The van der Waals surface area contributed by atoms with Gasteiger partial charge in [-0.05, 0) is 5.92 Å². The van der Waals surface area contributed by atoms with Crippen molar-refractivity contribution in [3.63, 3.8) is 0 Å². The minimum absolute atomic E-state index is 0.00305. The lowest BCUT2D eigenvalue weighted by Gasteiger charge is -2.18. The van der Waals surface area contributed by atoms with E-state index in [4.69, 9.17) is 16.3 Å². The Labute approximate surface area is 120 Å². The van der Waals surface area contributed by atoms with E-state index in [2.05, 4.69) is 15.0 Å². The fourth-order valence-electron chi connectivity index (χ4n) is 1.34. The second-order valence-electron chi connectivity index (χ2n) is 4.02. The van der Waals surface area contributed by atoms with Gasteiger partial charge in [-0.15, -0.1) is 0 Å². The van der Waals surface area contributed by atoms with E-state index in [0.717, 1.165) is 11.3 Å². The molecule has 0 aromatic carbocycles. The van der Waals surface area contributed by atoms with E-state index in [1.54, 1.807) is 0 Å². The number of esters is 2. The molecule has 0 aliphatic carbocycles. The van der Waals surface area contributed by atoms with E-state index >= 15 is 0 Å². The average Bonchev–Trinajstić information content (AvgIpc) is 2.74. The molecule has 0 aliphatic heterocycles. The van der Waals surface area contributed by atoms with E-state index < -0.39 is 18.0 Å². The summed E-state index contributed by atoms with van der Waals surface area (Å²) in [5, 5.41) is 3.33. The van der Waals surface area contributed by atoms with Crippen LogP contribution in [0.25, 0.3) is 0 Å². The molecule has 0 saturated carbocycles. The zero-order valence-electron chi connectivity index (χ0n) is 11.0. The highest BCUT2D eigenvalue weighted by Gasteiger charge is 2.25. The number of hydrogen-bond acceptors (Lipinski definition) is 7. The Hall–Kier alpha value is -1.34. The molecule has 0 bridgehead atoms. The monoisotopic (exact) mass is 306 g/mol. The van der Waals surface area contributed by atoms with Crippen LogP contribution in [0.5, 0.6) is 0 Å². The molecular weight excluding hydrogens is 292 g/mol. The normalized spacial score (nSPS) is 12.1. The Kier molecular flexibility index (Phi) is 5.56. The zero-order chi connectivity index (χ0) is 14.6. The van der Waals surface area contributed by atoms with E-state index in [9.17, 15) is 9.59 Å². The molecule has 6 nitrogen and oxygen atoms in total. The van der Waals surface area contributed by atoms with Crippen molar-refractivity contribution in [2.75, 3.05) is 19.5 Å². The fourth-order valence-corrected chi connectivity index (χ4v) is 2.48. The van der Waals surface area contributed by atoms with Crippen LogP contribution in [-0.4, -0.2) is 37.2 Å². The Morgan fingerprint density at radius 3 is 2.42 bits per heavy atom. The van der Waals surface area contributed by atoms with Gasteiger partial charge in [0.2, 0.25) is 0 Å². The third kappa shape index (κ3) is 3.81. The number of halogens is 1. The van der Waals surface area contributed by atoms with Gasteiger partial charge >= 0.3 is 11.9 Å². The number of methoxy groups -OCH3 is 2. The predicted molar refractivity (Wildman–Crippen MR) is 72.7 cm³/mol. The topological polar surface area (TPSA) is 77.5 Å². The van der Waals surface area contributed by atoms with Gasteiger partial charge in [0.1, 0.15) is 6.04 Å². The number of ether oxygens (including phenoxy) is 2. The lowest BCUT2D eigenvalue weighted by atomic mass is 10.1. The average molecular weight is 307 g/mol. The first-order valence-electron chi connectivity index (χ1n) is 5.49. The number of nitrogens with one attached hydrogen (secondary N) is 1. The smallest absolute Gasteiger partial charge is 0.351 e. The highest BCUT2D eigenvalue weighted by Crippen LogP contribution is 2.28. The third-order valence-corrected chi connectivity index (χ3v) is 3.71. The molecule has 1 rings (SSSR count). The van der Waals surface area contributed by atoms with Crippen LogP contribution < -0.4 is 5.32 Å². The lowest BCUT2D eigenvalue weighted by molar-refractivity contribution is -0.142. The van der Waals surface area contributed by atoms with Crippen LogP contribution in [-0.2, 0) is 14.3 Å². The van der Waals surface area contributed by atoms with Gasteiger partial charge in [-0.3, -0.25) is 0 Å². The van der Waals surface area contributed by atoms with Gasteiger partial charge < -0.3 is 14.8 Å². The van der Waals surface area contributed by atoms with Crippen LogP contribution in [0.4, 0.5) is 5.13 Å². The summed E-state index contributed by atoms with van der Waals surface area (Å²) in [6.45, 7) is 3.73. The molecule has 0 fully saturated rings. The van der Waals surface area contributed by atoms with Crippen molar-refractivity contribution in [1.29, 1.82) is 0 Å². The molecule has 19 heavy (non-hydrogen) atoms. The van der Waals surface area contributed by atoms with Gasteiger partial charge in [0.25, 0.3) is 0 Å². The van der Waals surface area contributed by atoms with E-state index in [0.29, 0.717) is 5.13 Å². The zero-order valence-corrected chi connectivity index (χ0v) is 12.6. The maximum atomic E-state index is 11.6. The molecule has 106 valence electrons. The van der Waals surface area contributed by atoms with Crippen LogP contribution in [0.2, 0.25) is 5.15 Å². The van der Waals surface area contributed by atoms with Gasteiger partial charge in [0.05, 0.1) is 14.2 Å². The molecule has 8 heteroatoms. The van der Waals surface area contributed by atoms with Crippen molar-refractivity contribution < 1.29 is 19.1 Å². The first-order chi connectivity index (χ1) is 8.90. The lowest BCUT2D eigenvalue weighted by Crippen LogP contribution is -2.35. The number of aromatic nitrogens is 1. The fraction of sp³-hybridized carbons (Fsp3) is 0.545. The van der Waals surface area contributed by atoms with Gasteiger partial charge in [0, 0.05) is 0 Å². The quantitative estimate of drug-likeness (QED) is 0.840. The van der Waals surface area contributed by atoms with E-state index in [1.807, 2.05) is 13.8 Å². The minimum Gasteiger partial charge on any atom is -0.467 e.